The number of anilines is 3. The van der Waals surface area contributed by atoms with Crippen LogP contribution in [-0.4, -0.2) is 54.4 Å². The molecular weight excluding hydrogens is 634 g/mol. The van der Waals surface area contributed by atoms with Gasteiger partial charge in [0.05, 0.1) is 22.0 Å². The molecule has 1 saturated heterocycles. The van der Waals surface area contributed by atoms with E-state index < -0.39 is 15.6 Å². The Morgan fingerprint density at radius 3 is 2.31 bits per heavy atom. The number of rotatable bonds is 12. The second-order valence-corrected chi connectivity index (χ2v) is 14.3. The van der Waals surface area contributed by atoms with E-state index in [1.54, 1.807) is 36.1 Å². The molecule has 1 aliphatic heterocycles. The summed E-state index contributed by atoms with van der Waals surface area (Å²) in [6.07, 6.45) is 6.97. The molecule has 2 amide bonds. The van der Waals surface area contributed by atoms with Crippen LogP contribution in [0.3, 0.4) is 0 Å². The fourth-order valence-corrected chi connectivity index (χ4v) is 7.83. The molecule has 256 valence electrons. The van der Waals surface area contributed by atoms with E-state index in [2.05, 4.69) is 15.5 Å². The number of hydrogen-bond donors (Lipinski definition) is 3. The zero-order chi connectivity index (χ0) is 34.4. The molecule has 0 atom stereocenters. The van der Waals surface area contributed by atoms with Gasteiger partial charge in [-0.05, 0) is 87.1 Å². The number of likely N-dealkylation sites (tertiary alicyclic amines) is 1. The number of nitrogens with two attached hydrogens (primary N) is 1. The quantitative estimate of drug-likeness (QED) is 0.209. The molecule has 2 heterocycles. The van der Waals surface area contributed by atoms with Crippen LogP contribution in [0, 0.1) is 12.8 Å². The first-order valence-electron chi connectivity index (χ1n) is 16.4. The van der Waals surface area contributed by atoms with E-state index in [0.29, 0.717) is 49.5 Å². The van der Waals surface area contributed by atoms with Crippen LogP contribution < -0.4 is 20.9 Å². The zero-order valence-corrected chi connectivity index (χ0v) is 28.2. The molecule has 1 saturated carbocycles. The van der Waals surface area contributed by atoms with Crippen molar-refractivity contribution in [1.29, 1.82) is 0 Å². The summed E-state index contributed by atoms with van der Waals surface area (Å²) in [5.74, 6) is -0.267. The number of sulfonamides is 1. The SMILES string of the molecule is CC(=O)Nc1ccc(N(CC2CCCCC2)S(=O)(=O)c2ccc(N=Nc3c(C)c(N)c(O)n(CCCN4CCCC4=O)c3=O)cc2)cc1. The fraction of sp³-hybridized carbons (Fsp3) is 0.441. The lowest BCUT2D eigenvalue weighted by Gasteiger charge is -2.31. The van der Waals surface area contributed by atoms with Gasteiger partial charge < -0.3 is 21.1 Å². The van der Waals surface area contributed by atoms with Crippen LogP contribution in [0.4, 0.5) is 28.4 Å². The van der Waals surface area contributed by atoms with Crippen molar-refractivity contribution < 1.29 is 23.1 Å². The Morgan fingerprint density at radius 2 is 1.69 bits per heavy atom. The lowest BCUT2D eigenvalue weighted by atomic mass is 9.89. The fourth-order valence-electron chi connectivity index (χ4n) is 6.29. The molecule has 0 spiro atoms. The molecule has 0 unspecified atom stereocenters. The molecule has 3 aromatic rings. The van der Waals surface area contributed by atoms with Crippen molar-refractivity contribution in [3.63, 3.8) is 0 Å². The molecule has 48 heavy (non-hydrogen) atoms. The Morgan fingerprint density at radius 1 is 1.00 bits per heavy atom. The highest BCUT2D eigenvalue weighted by atomic mass is 32.2. The number of amides is 2. The minimum atomic E-state index is -3.97. The van der Waals surface area contributed by atoms with Crippen molar-refractivity contribution in [2.45, 2.75) is 76.7 Å². The first kappa shape index (κ1) is 34.6. The molecule has 1 aromatic heterocycles. The highest BCUT2D eigenvalue weighted by Gasteiger charge is 2.29. The van der Waals surface area contributed by atoms with Gasteiger partial charge in [-0.1, -0.05) is 19.3 Å². The Labute approximate surface area is 280 Å². The van der Waals surface area contributed by atoms with Crippen LogP contribution in [0.2, 0.25) is 0 Å². The van der Waals surface area contributed by atoms with Gasteiger partial charge in [-0.2, -0.15) is 5.11 Å². The van der Waals surface area contributed by atoms with Gasteiger partial charge in [0.25, 0.3) is 15.6 Å². The van der Waals surface area contributed by atoms with Crippen molar-refractivity contribution in [3.05, 3.63) is 64.4 Å². The molecule has 5 rings (SSSR count). The number of nitrogens with one attached hydrogen (secondary N) is 1. The van der Waals surface area contributed by atoms with Crippen LogP contribution in [0.5, 0.6) is 5.88 Å². The van der Waals surface area contributed by atoms with Crippen LogP contribution in [0.15, 0.2) is 68.4 Å². The maximum absolute atomic E-state index is 14.0. The molecule has 14 heteroatoms. The smallest absolute Gasteiger partial charge is 0.281 e. The summed E-state index contributed by atoms with van der Waals surface area (Å²) in [5, 5.41) is 21.7. The highest BCUT2D eigenvalue weighted by molar-refractivity contribution is 7.92. The zero-order valence-electron chi connectivity index (χ0n) is 27.4. The maximum Gasteiger partial charge on any atom is 0.281 e. The number of pyridine rings is 1. The molecule has 2 aliphatic rings. The van der Waals surface area contributed by atoms with Gasteiger partial charge in [0, 0.05) is 50.8 Å². The number of nitrogen functional groups attached to an aromatic ring is 1. The summed E-state index contributed by atoms with van der Waals surface area (Å²) in [5.41, 5.74) is 7.17. The predicted octanol–water partition coefficient (Wildman–Crippen LogP) is 5.61. The van der Waals surface area contributed by atoms with E-state index in [1.165, 1.54) is 35.5 Å². The summed E-state index contributed by atoms with van der Waals surface area (Å²) < 4.78 is 30.7. The number of hydrogen-bond acceptors (Lipinski definition) is 9. The van der Waals surface area contributed by atoms with Crippen LogP contribution >= 0.6 is 0 Å². The average molecular weight is 678 g/mol. The van der Waals surface area contributed by atoms with Crippen molar-refractivity contribution in [3.8, 4) is 5.88 Å². The third-order valence-corrected chi connectivity index (χ3v) is 10.8. The van der Waals surface area contributed by atoms with E-state index >= 15 is 0 Å². The number of aromatic nitrogens is 1. The molecule has 0 bridgehead atoms. The predicted molar refractivity (Wildman–Crippen MR) is 184 cm³/mol. The molecule has 4 N–H and O–H groups in total. The molecule has 2 aromatic carbocycles. The van der Waals surface area contributed by atoms with Gasteiger partial charge in [-0.25, -0.2) is 8.42 Å². The van der Waals surface area contributed by atoms with Gasteiger partial charge >= 0.3 is 0 Å². The third kappa shape index (κ3) is 7.87. The van der Waals surface area contributed by atoms with Gasteiger partial charge in [0.2, 0.25) is 17.7 Å². The van der Waals surface area contributed by atoms with Gasteiger partial charge in [-0.15, -0.1) is 5.11 Å². The van der Waals surface area contributed by atoms with E-state index in [4.69, 9.17) is 5.73 Å². The Kier molecular flexibility index (Phi) is 10.8. The van der Waals surface area contributed by atoms with Crippen molar-refractivity contribution in [1.82, 2.24) is 9.47 Å². The second kappa shape index (κ2) is 15.0. The topological polar surface area (TPSA) is 180 Å². The normalized spacial score (nSPS) is 15.7. The van der Waals surface area contributed by atoms with E-state index in [0.717, 1.165) is 43.1 Å². The lowest BCUT2D eigenvalue weighted by Crippen LogP contribution is -2.36. The Balaban J connectivity index is 1.36. The monoisotopic (exact) mass is 677 g/mol. The van der Waals surface area contributed by atoms with Crippen LogP contribution in [0.1, 0.15) is 63.9 Å². The number of carbonyl (C=O) groups is 2. The standard InChI is InChI=1S/C34H43N7O6S/c1-23-31(35)33(44)40(21-7-20-39-19-6-10-30(39)43)34(45)32(23)38-37-27-13-17-29(18-14-27)48(46,47)41(22-25-8-4-3-5-9-25)28-15-11-26(12-16-28)36-24(2)42/h11-18,25,44H,3-10,19-22,35H2,1-2H3,(H,36,42). The molecular formula is C34H43N7O6S. The molecule has 0 radical (unpaired) electrons. The summed E-state index contributed by atoms with van der Waals surface area (Å²) in [6.45, 7) is 4.60. The first-order chi connectivity index (χ1) is 23.0. The van der Waals surface area contributed by atoms with Crippen molar-refractivity contribution in [2.75, 3.05) is 35.0 Å². The van der Waals surface area contributed by atoms with E-state index in [1.807, 2.05) is 0 Å². The number of nitrogens with zero attached hydrogens (tertiary/aromatic N) is 5. The van der Waals surface area contributed by atoms with Gasteiger partial charge in [0.15, 0.2) is 5.69 Å². The highest BCUT2D eigenvalue weighted by Crippen LogP contribution is 2.33. The summed E-state index contributed by atoms with van der Waals surface area (Å²) in [6, 6.07) is 12.7. The number of aromatic hydroxyl groups is 1. The maximum atomic E-state index is 14.0. The first-order valence-corrected chi connectivity index (χ1v) is 17.8. The minimum absolute atomic E-state index is 0.00500. The van der Waals surface area contributed by atoms with Gasteiger partial charge in [0.1, 0.15) is 0 Å². The largest absolute Gasteiger partial charge is 0.493 e. The lowest BCUT2D eigenvalue weighted by molar-refractivity contribution is -0.127. The van der Waals surface area contributed by atoms with Crippen molar-refractivity contribution in [2.24, 2.45) is 16.1 Å². The summed E-state index contributed by atoms with van der Waals surface area (Å²) >= 11 is 0. The molecule has 1 aliphatic carbocycles. The summed E-state index contributed by atoms with van der Waals surface area (Å²) in [7, 11) is -3.97. The minimum Gasteiger partial charge on any atom is -0.493 e. The van der Waals surface area contributed by atoms with E-state index in [9.17, 15) is 27.9 Å². The van der Waals surface area contributed by atoms with E-state index in [-0.39, 0.29) is 52.0 Å². The summed E-state index contributed by atoms with van der Waals surface area (Å²) in [4.78, 5) is 38.5. The average Bonchev–Trinajstić information content (AvgIpc) is 3.49. The van der Waals surface area contributed by atoms with Crippen LogP contribution in [-0.2, 0) is 26.2 Å². The molecule has 2 fully saturated rings. The third-order valence-electron chi connectivity index (χ3n) is 9.00. The Bertz CT molecular complexity index is 1830. The second-order valence-electron chi connectivity index (χ2n) is 12.5. The molecule has 13 nitrogen and oxygen atoms in total. The van der Waals surface area contributed by atoms with Gasteiger partial charge in [-0.3, -0.25) is 23.3 Å². The number of azo groups is 1. The number of benzene rings is 2. The van der Waals surface area contributed by atoms with Crippen LogP contribution in [0.25, 0.3) is 0 Å². The number of carbonyl (C=O) groups excluding carboxylic acids is 2. The van der Waals surface area contributed by atoms with Crippen molar-refractivity contribution >= 4 is 50.3 Å². The Hall–Kier alpha value is -4.72.